The number of H-pyrrole nitrogens is 6. The first-order valence-electron chi connectivity index (χ1n) is 37.9. The fourth-order valence-electron chi connectivity index (χ4n) is 14.5. The van der Waals surface area contributed by atoms with E-state index in [1.165, 1.54) is 0 Å². The number of amides is 2. The highest BCUT2D eigenvalue weighted by molar-refractivity contribution is 6.02. The number of carbonyl (C=O) groups is 2. The predicted molar refractivity (Wildman–Crippen MR) is 467 cm³/mol. The molecule has 0 bridgehead atoms. The number of rotatable bonds is 14. The molecule has 3 aliphatic rings. The van der Waals surface area contributed by atoms with E-state index in [1.54, 1.807) is 24.8 Å². The van der Waals surface area contributed by atoms with Crippen LogP contribution in [0.2, 0.25) is 0 Å². The number of likely N-dealkylation sites (N-methyl/N-ethyl adjacent to an activating group) is 3. The topological polar surface area (TPSA) is 330 Å². The third kappa shape index (κ3) is 16.7. The minimum atomic E-state index is -0.493. The number of nitrogens with one attached hydrogen (secondary N) is 8. The van der Waals surface area contributed by atoms with Gasteiger partial charge < -0.3 is 59.9 Å². The number of nitrogens with zero attached hydrogens (tertiary/aromatic N) is 19. The second-order valence-corrected chi connectivity index (χ2v) is 30.5. The van der Waals surface area contributed by atoms with Crippen LogP contribution in [-0.2, 0) is 16.0 Å². The number of anilines is 6. The molecule has 0 aliphatic carbocycles. The average molecular weight is 1550 g/mol. The molecule has 29 nitrogen and oxygen atoms in total. The van der Waals surface area contributed by atoms with E-state index in [9.17, 15) is 9.59 Å². The monoisotopic (exact) mass is 1550 g/mol. The minimum absolute atomic E-state index is 0. The van der Waals surface area contributed by atoms with E-state index >= 15 is 0 Å². The quantitative estimate of drug-likeness (QED) is 0.0501. The largest absolute Gasteiger partial charge is 0.376 e. The zero-order valence-corrected chi connectivity index (χ0v) is 64.2. The van der Waals surface area contributed by atoms with E-state index in [2.05, 4.69) is 178 Å². The van der Waals surface area contributed by atoms with Crippen LogP contribution >= 0.6 is 0 Å². The van der Waals surface area contributed by atoms with Crippen LogP contribution in [0.1, 0.15) is 48.6 Å². The number of carbonyl (C=O) groups excluding carboxylic acids is 2. The summed E-state index contributed by atoms with van der Waals surface area (Å²) >= 11 is 0. The summed E-state index contributed by atoms with van der Waals surface area (Å²) in [7, 11) is 10.5. The molecule has 4 aromatic carbocycles. The number of aromatic amines is 6. The second-order valence-electron chi connectivity index (χ2n) is 30.5. The molecule has 29 heteroatoms. The van der Waals surface area contributed by atoms with Gasteiger partial charge in [-0.15, -0.1) is 0 Å². The molecule has 0 saturated carbocycles. The number of fused-ring (bicyclic) bond motifs is 6. The fourth-order valence-corrected chi connectivity index (χ4v) is 14.5. The lowest BCUT2D eigenvalue weighted by Gasteiger charge is -2.33. The number of hydrogen-bond donors (Lipinski definition) is 8. The normalized spacial score (nSPS) is 14.2. The number of pyridine rings is 6. The lowest BCUT2D eigenvalue weighted by atomic mass is 9.95. The molecule has 0 spiro atoms. The predicted octanol–water partition coefficient (Wildman–Crippen LogP) is 14.1. The van der Waals surface area contributed by atoms with Crippen molar-refractivity contribution in [2.24, 2.45) is 5.41 Å². The van der Waals surface area contributed by atoms with E-state index in [1.807, 2.05) is 151 Å². The van der Waals surface area contributed by atoms with Crippen LogP contribution in [0.5, 0.6) is 0 Å². The Kier molecular flexibility index (Phi) is 23.1. The number of imidazole rings is 3. The molecular formula is C87H99N27O2. The average Bonchev–Trinajstić information content (AvgIpc) is 1.63. The van der Waals surface area contributed by atoms with Crippen LogP contribution in [0.15, 0.2) is 177 Å². The first-order valence-corrected chi connectivity index (χ1v) is 37.9. The van der Waals surface area contributed by atoms with E-state index in [0.717, 1.165) is 229 Å². The summed E-state index contributed by atoms with van der Waals surface area (Å²) < 4.78 is 0. The van der Waals surface area contributed by atoms with Crippen molar-refractivity contribution in [2.75, 3.05) is 144 Å². The summed E-state index contributed by atoms with van der Waals surface area (Å²) in [5, 5.41) is 32.1. The van der Waals surface area contributed by atoms with Gasteiger partial charge in [0, 0.05) is 149 Å². The summed E-state index contributed by atoms with van der Waals surface area (Å²) in [6.07, 6.45) is 22.2. The van der Waals surface area contributed by atoms with Crippen molar-refractivity contribution in [3.05, 3.63) is 183 Å². The molecule has 12 aromatic heterocycles. The first kappa shape index (κ1) is 79.3. The van der Waals surface area contributed by atoms with Gasteiger partial charge in [0.2, 0.25) is 11.8 Å². The van der Waals surface area contributed by atoms with Crippen LogP contribution < -0.4 is 30.2 Å². The molecule has 3 fully saturated rings. The molecule has 0 unspecified atom stereocenters. The van der Waals surface area contributed by atoms with Crippen LogP contribution in [0.25, 0.3) is 134 Å². The maximum Gasteiger partial charge on any atom is 0.229 e. The van der Waals surface area contributed by atoms with Gasteiger partial charge in [-0.3, -0.25) is 54.8 Å². The molecule has 0 radical (unpaired) electrons. The lowest BCUT2D eigenvalue weighted by Crippen LogP contribution is -2.44. The van der Waals surface area contributed by atoms with Crippen LogP contribution in [0.4, 0.5) is 34.1 Å². The molecule has 19 rings (SSSR count). The maximum atomic E-state index is 12.6. The number of hydrogen-bond acceptors (Lipinski definition) is 21. The summed E-state index contributed by atoms with van der Waals surface area (Å²) in [5.74, 6) is 1.97. The molecule has 116 heavy (non-hydrogen) atoms. The Morgan fingerprint density at radius 2 is 0.750 bits per heavy atom. The standard InChI is InChI=1S/C31H29N9O.C28H31N9O.C25H27N9.3CH4/c1-39-9-11-40(12-10-39)27-19-33-18-26-30(27)36-31(35-26)29-24-15-21(7-8-25(24)37-38-29)22-14-23(17-32-16-22)34-28(41)13-20-5-3-2-4-6-20;1-28(2,3)27(38)31-19-11-18(13-29-14-19)17-5-6-21-20(12-17)24(35-34-21)26-32-22-15-30-16-23(25(22)33-26)37-9-7-36(4)8-10-37;1-32(2)18-10-17(12-26-13-18)16-4-5-20-19(11-16)23(31-30-20)25-28-21-14-27-15-22(24(21)29-25)34-8-6-33(3)7-9-34;;;/h2-8,14-19H,9-13H2,1H3,(H,34,41)(H,35,36)(H,37,38);5-6,11-16H,7-10H2,1-4H3,(H,31,38)(H,32,33)(H,34,35);4-5,10-15H,6-9H2,1-3H3,(H,28,29)(H,30,31);3*1H4. The molecule has 15 heterocycles. The third-order valence-corrected chi connectivity index (χ3v) is 21.2. The Morgan fingerprint density at radius 3 is 1.12 bits per heavy atom. The number of aromatic nitrogens is 18. The van der Waals surface area contributed by atoms with Gasteiger partial charge in [-0.25, -0.2) is 15.0 Å². The minimum Gasteiger partial charge on any atom is -0.376 e. The highest BCUT2D eigenvalue weighted by atomic mass is 16.2. The van der Waals surface area contributed by atoms with E-state index in [0.29, 0.717) is 29.4 Å². The van der Waals surface area contributed by atoms with Gasteiger partial charge in [0.1, 0.15) is 33.6 Å². The lowest BCUT2D eigenvalue weighted by molar-refractivity contribution is -0.123. The Morgan fingerprint density at radius 1 is 0.397 bits per heavy atom. The Bertz CT molecular complexity index is 6140. The summed E-state index contributed by atoms with van der Waals surface area (Å²) in [5.41, 5.74) is 22.3. The van der Waals surface area contributed by atoms with Gasteiger partial charge in [0.25, 0.3) is 0 Å². The van der Waals surface area contributed by atoms with Gasteiger partial charge in [-0.05, 0) is 98.0 Å². The molecule has 3 aliphatic heterocycles. The van der Waals surface area contributed by atoms with Crippen molar-refractivity contribution >= 4 is 112 Å². The van der Waals surface area contributed by atoms with Gasteiger partial charge >= 0.3 is 0 Å². The van der Waals surface area contributed by atoms with Crippen molar-refractivity contribution < 1.29 is 9.59 Å². The second kappa shape index (κ2) is 33.7. The van der Waals surface area contributed by atoms with Crippen molar-refractivity contribution in [1.29, 1.82) is 0 Å². The Hall–Kier alpha value is -13.4. The maximum absolute atomic E-state index is 12.6. The Labute approximate surface area is 672 Å². The van der Waals surface area contributed by atoms with E-state index < -0.39 is 5.41 Å². The summed E-state index contributed by atoms with van der Waals surface area (Å²) in [4.78, 5) is 93.1. The zero-order chi connectivity index (χ0) is 77.4. The summed E-state index contributed by atoms with van der Waals surface area (Å²) in [6, 6.07) is 34.2. The number of piperazine rings is 3. The molecule has 8 N–H and O–H groups in total. The third-order valence-electron chi connectivity index (χ3n) is 21.2. The highest BCUT2D eigenvalue weighted by Crippen LogP contribution is 2.38. The molecule has 3 saturated heterocycles. The van der Waals surface area contributed by atoms with Crippen LogP contribution in [-0.4, -0.2) is 231 Å². The van der Waals surface area contributed by atoms with Crippen LogP contribution in [0, 0.1) is 5.41 Å². The zero-order valence-electron chi connectivity index (χ0n) is 64.2. The van der Waals surface area contributed by atoms with Gasteiger partial charge in [-0.2, -0.15) is 15.3 Å². The van der Waals surface area contributed by atoms with E-state index in [4.69, 9.17) is 15.0 Å². The first-order chi connectivity index (χ1) is 54.9. The molecule has 2 amide bonds. The van der Waals surface area contributed by atoms with Crippen LogP contribution in [0.3, 0.4) is 0 Å². The van der Waals surface area contributed by atoms with Crippen molar-refractivity contribution in [2.45, 2.75) is 49.5 Å². The fraction of sp³-hybridized carbons (Fsp3) is 0.287. The Balaban J connectivity index is 0.000000142. The van der Waals surface area contributed by atoms with Gasteiger partial charge in [0.15, 0.2) is 17.5 Å². The van der Waals surface area contributed by atoms with Gasteiger partial charge in [0.05, 0.1) is 129 Å². The van der Waals surface area contributed by atoms with Crippen molar-refractivity contribution in [1.82, 2.24) is 105 Å². The number of benzene rings is 4. The highest BCUT2D eigenvalue weighted by Gasteiger charge is 2.27. The SMILES string of the molecule is C.C.C.CN1CCN(c2cncc3[nH]c(-c4n[nH]c5ccc(-c6cncc(N(C)C)c6)cc45)nc23)CC1.CN1CCN(c2cncc3[nH]c(-c4n[nH]c5ccc(-c6cncc(NC(=O)C(C)(C)C)c6)cc45)nc23)CC1.CN1CCN(c2cncc3[nH]c(-c4n[nH]c5ccc(-c6cncc(NC(=O)Cc7ccccc7)c6)cc45)nc23)CC1. The van der Waals surface area contributed by atoms with Gasteiger partial charge in [-0.1, -0.05) is 91.6 Å². The van der Waals surface area contributed by atoms with Crippen molar-refractivity contribution in [3.8, 4) is 67.9 Å². The smallest absolute Gasteiger partial charge is 0.229 e. The molecule has 16 aromatic rings. The summed E-state index contributed by atoms with van der Waals surface area (Å²) in [6.45, 7) is 17.4. The molecular weight excluding hydrogens is 1460 g/mol. The molecule has 594 valence electrons. The molecule has 0 atom stereocenters. The van der Waals surface area contributed by atoms with E-state index in [-0.39, 0.29) is 34.1 Å². The van der Waals surface area contributed by atoms with Crippen molar-refractivity contribution in [3.63, 3.8) is 0 Å².